The van der Waals surface area contributed by atoms with Gasteiger partial charge >= 0.3 is 5.69 Å². The van der Waals surface area contributed by atoms with Crippen molar-refractivity contribution >= 4 is 17.1 Å². The van der Waals surface area contributed by atoms with Gasteiger partial charge in [-0.2, -0.15) is 0 Å². The summed E-state index contributed by atoms with van der Waals surface area (Å²) in [4.78, 5) is 42.2. The Morgan fingerprint density at radius 1 is 1.30 bits per heavy atom. The van der Waals surface area contributed by atoms with Gasteiger partial charge in [0.05, 0.1) is 6.33 Å². The van der Waals surface area contributed by atoms with Crippen molar-refractivity contribution in [2.45, 2.75) is 13.0 Å². The topological polar surface area (TPSA) is 82.1 Å². The van der Waals surface area contributed by atoms with Crippen LogP contribution in [-0.2, 0) is 25.4 Å². The summed E-state index contributed by atoms with van der Waals surface area (Å²) >= 11 is 0. The van der Waals surface area contributed by atoms with E-state index in [9.17, 15) is 14.4 Å². The Labute approximate surface area is 113 Å². The maximum absolute atomic E-state index is 12.4. The summed E-state index contributed by atoms with van der Waals surface area (Å²) in [6.45, 7) is 1.18. The van der Waals surface area contributed by atoms with Crippen LogP contribution >= 0.6 is 0 Å². The van der Waals surface area contributed by atoms with E-state index in [-0.39, 0.29) is 12.5 Å². The molecule has 0 aliphatic carbocycles. The zero-order chi connectivity index (χ0) is 14.4. The minimum atomic E-state index is -0.518. The average molecular weight is 277 g/mol. The maximum Gasteiger partial charge on any atom is 0.332 e. The Hall–Kier alpha value is -2.38. The van der Waals surface area contributed by atoms with Crippen LogP contribution in [0.3, 0.4) is 0 Å². The van der Waals surface area contributed by atoms with Crippen LogP contribution in [0.4, 0.5) is 0 Å². The van der Waals surface area contributed by atoms with Crippen molar-refractivity contribution in [1.29, 1.82) is 0 Å². The Balaban J connectivity index is 2.15. The first-order valence-electron chi connectivity index (χ1n) is 6.39. The van der Waals surface area contributed by atoms with Gasteiger partial charge in [0.2, 0.25) is 5.91 Å². The van der Waals surface area contributed by atoms with Crippen molar-refractivity contribution in [3.63, 3.8) is 0 Å². The van der Waals surface area contributed by atoms with Crippen LogP contribution < -0.4 is 11.2 Å². The summed E-state index contributed by atoms with van der Waals surface area (Å²) in [5.41, 5.74) is -0.342. The third-order valence-corrected chi connectivity index (χ3v) is 3.70. The van der Waals surface area contributed by atoms with Crippen molar-refractivity contribution in [2.24, 2.45) is 14.1 Å². The lowest BCUT2D eigenvalue weighted by Gasteiger charge is -2.30. The molecule has 1 aliphatic rings. The molecule has 1 aliphatic heterocycles. The second kappa shape index (κ2) is 4.32. The standard InChI is InChI=1S/C12H15N5O3/c1-14-7-13-10-9(14)11(19)17(12(20)15(10)2)6-8(18)16-4-3-5-16/h7H,3-6H2,1-2H3. The average Bonchev–Trinajstić information content (AvgIpc) is 2.72. The first kappa shape index (κ1) is 12.6. The third kappa shape index (κ3) is 1.68. The number of aromatic nitrogens is 4. The molecule has 0 spiro atoms. The van der Waals surface area contributed by atoms with E-state index in [1.165, 1.54) is 10.9 Å². The SMILES string of the molecule is Cn1cnc2c1c(=O)n(CC(=O)N1CCC1)c(=O)n2C. The van der Waals surface area contributed by atoms with Crippen molar-refractivity contribution < 1.29 is 4.79 Å². The smallest absolute Gasteiger partial charge is 0.332 e. The Kier molecular flexibility index (Phi) is 2.73. The van der Waals surface area contributed by atoms with Gasteiger partial charge in [0, 0.05) is 27.2 Å². The van der Waals surface area contributed by atoms with Crippen LogP contribution in [0.25, 0.3) is 11.2 Å². The zero-order valence-electron chi connectivity index (χ0n) is 11.4. The molecule has 1 amide bonds. The van der Waals surface area contributed by atoms with E-state index in [2.05, 4.69) is 4.98 Å². The van der Waals surface area contributed by atoms with Crippen LogP contribution in [0, 0.1) is 0 Å². The maximum atomic E-state index is 12.4. The molecule has 2 aromatic heterocycles. The molecule has 0 radical (unpaired) electrons. The largest absolute Gasteiger partial charge is 0.341 e. The fourth-order valence-electron chi connectivity index (χ4n) is 2.34. The van der Waals surface area contributed by atoms with Gasteiger partial charge in [-0.25, -0.2) is 14.3 Å². The molecule has 0 unspecified atom stereocenters. The fourth-order valence-corrected chi connectivity index (χ4v) is 2.34. The quantitative estimate of drug-likeness (QED) is 0.681. The summed E-state index contributed by atoms with van der Waals surface area (Å²) in [5, 5.41) is 0. The van der Waals surface area contributed by atoms with Crippen LogP contribution in [0.2, 0.25) is 0 Å². The number of amides is 1. The van der Waals surface area contributed by atoms with Crippen LogP contribution in [0.15, 0.2) is 15.9 Å². The molecule has 2 aromatic rings. The minimum absolute atomic E-state index is 0.197. The van der Waals surface area contributed by atoms with Crippen molar-refractivity contribution in [3.8, 4) is 0 Å². The lowest BCUT2D eigenvalue weighted by molar-refractivity contribution is -0.135. The zero-order valence-corrected chi connectivity index (χ0v) is 11.4. The van der Waals surface area contributed by atoms with Gasteiger partial charge in [0.1, 0.15) is 6.54 Å². The Bertz CT molecular complexity index is 809. The second-order valence-electron chi connectivity index (χ2n) is 4.99. The number of aryl methyl sites for hydroxylation is 2. The minimum Gasteiger partial charge on any atom is -0.341 e. The highest BCUT2D eigenvalue weighted by molar-refractivity contribution is 5.77. The number of hydrogen-bond acceptors (Lipinski definition) is 4. The van der Waals surface area contributed by atoms with E-state index in [4.69, 9.17) is 0 Å². The molecule has 20 heavy (non-hydrogen) atoms. The Morgan fingerprint density at radius 2 is 2.00 bits per heavy atom. The number of fused-ring (bicyclic) bond motifs is 1. The van der Waals surface area contributed by atoms with Gasteiger partial charge in [-0.05, 0) is 6.42 Å². The van der Waals surface area contributed by atoms with Gasteiger partial charge in [0.25, 0.3) is 5.56 Å². The monoisotopic (exact) mass is 277 g/mol. The van der Waals surface area contributed by atoms with Crippen molar-refractivity contribution in [1.82, 2.24) is 23.6 Å². The molecule has 0 N–H and O–H groups in total. The molecule has 8 nitrogen and oxygen atoms in total. The Morgan fingerprint density at radius 3 is 2.60 bits per heavy atom. The molecule has 0 saturated carbocycles. The number of likely N-dealkylation sites (tertiary alicyclic amines) is 1. The molecule has 3 heterocycles. The first-order chi connectivity index (χ1) is 9.50. The van der Waals surface area contributed by atoms with E-state index in [1.807, 2.05) is 0 Å². The van der Waals surface area contributed by atoms with Crippen LogP contribution in [0.5, 0.6) is 0 Å². The molecular formula is C12H15N5O3. The lowest BCUT2D eigenvalue weighted by atomic mass is 10.2. The van der Waals surface area contributed by atoms with E-state index >= 15 is 0 Å². The molecule has 1 saturated heterocycles. The van der Waals surface area contributed by atoms with E-state index in [1.54, 1.807) is 23.6 Å². The van der Waals surface area contributed by atoms with E-state index in [0.29, 0.717) is 24.3 Å². The number of rotatable bonds is 2. The summed E-state index contributed by atoms with van der Waals surface area (Å²) in [6.07, 6.45) is 2.45. The molecule has 1 fully saturated rings. The third-order valence-electron chi connectivity index (χ3n) is 3.70. The fraction of sp³-hybridized carbons (Fsp3) is 0.500. The van der Waals surface area contributed by atoms with E-state index < -0.39 is 11.2 Å². The molecule has 0 atom stereocenters. The molecule has 8 heteroatoms. The van der Waals surface area contributed by atoms with Crippen molar-refractivity contribution in [2.75, 3.05) is 13.1 Å². The van der Waals surface area contributed by atoms with E-state index in [0.717, 1.165) is 11.0 Å². The molecule has 0 bridgehead atoms. The number of imidazole rings is 1. The number of nitrogens with zero attached hydrogens (tertiary/aromatic N) is 5. The van der Waals surface area contributed by atoms with Gasteiger partial charge in [0.15, 0.2) is 11.2 Å². The highest BCUT2D eigenvalue weighted by Gasteiger charge is 2.23. The normalized spacial score (nSPS) is 14.6. The van der Waals surface area contributed by atoms with Gasteiger partial charge in [-0.3, -0.25) is 14.2 Å². The highest BCUT2D eigenvalue weighted by Crippen LogP contribution is 2.07. The molecule has 0 aromatic carbocycles. The summed E-state index contributed by atoms with van der Waals surface area (Å²) in [6, 6.07) is 0. The van der Waals surface area contributed by atoms with Gasteiger partial charge < -0.3 is 9.47 Å². The predicted molar refractivity (Wildman–Crippen MR) is 71.4 cm³/mol. The van der Waals surface area contributed by atoms with Gasteiger partial charge in [-0.15, -0.1) is 0 Å². The number of carbonyl (C=O) groups excluding carboxylic acids is 1. The van der Waals surface area contributed by atoms with Crippen molar-refractivity contribution in [3.05, 3.63) is 27.2 Å². The summed E-state index contributed by atoms with van der Waals surface area (Å²) in [7, 11) is 3.23. The lowest BCUT2D eigenvalue weighted by Crippen LogP contribution is -2.48. The van der Waals surface area contributed by atoms with Gasteiger partial charge in [-0.1, -0.05) is 0 Å². The predicted octanol–water partition coefficient (Wildman–Crippen LogP) is -1.33. The number of hydrogen-bond donors (Lipinski definition) is 0. The first-order valence-corrected chi connectivity index (χ1v) is 6.39. The summed E-state index contributed by atoms with van der Waals surface area (Å²) in [5.74, 6) is -0.197. The van der Waals surface area contributed by atoms with Crippen LogP contribution in [-0.4, -0.2) is 42.6 Å². The number of carbonyl (C=O) groups is 1. The van der Waals surface area contributed by atoms with Crippen LogP contribution in [0.1, 0.15) is 6.42 Å². The summed E-state index contributed by atoms with van der Waals surface area (Å²) < 4.78 is 3.83. The molecule has 106 valence electrons. The molecule has 3 rings (SSSR count). The molecular weight excluding hydrogens is 262 g/mol. The second-order valence-corrected chi connectivity index (χ2v) is 4.99. The highest BCUT2D eigenvalue weighted by atomic mass is 16.2.